The lowest BCUT2D eigenvalue weighted by molar-refractivity contribution is -0.137. The van der Waals surface area contributed by atoms with Crippen LogP contribution >= 0.6 is 11.6 Å². The van der Waals surface area contributed by atoms with E-state index in [0.717, 1.165) is 5.56 Å². The second kappa shape index (κ2) is 8.18. The van der Waals surface area contributed by atoms with E-state index in [1.165, 1.54) is 7.11 Å². The topological polar surface area (TPSA) is 64.3 Å². The van der Waals surface area contributed by atoms with Crippen molar-refractivity contribution in [2.45, 2.75) is 19.1 Å². The predicted molar refractivity (Wildman–Crippen MR) is 93.5 cm³/mol. The van der Waals surface area contributed by atoms with Crippen molar-refractivity contribution in [2.75, 3.05) is 20.3 Å². The van der Waals surface area contributed by atoms with Gasteiger partial charge in [-0.2, -0.15) is 0 Å². The van der Waals surface area contributed by atoms with E-state index in [-0.39, 0.29) is 18.6 Å². The number of halogens is 1. The summed E-state index contributed by atoms with van der Waals surface area (Å²) in [5.74, 6) is 0.495. The zero-order chi connectivity index (χ0) is 17.6. The molecule has 1 atom stereocenters. The summed E-state index contributed by atoms with van der Waals surface area (Å²) in [7, 11) is 1.51. The Hall–Kier alpha value is -2.31. The van der Waals surface area contributed by atoms with Gasteiger partial charge in [0.25, 0.3) is 0 Å². The number of ether oxygens (including phenoxy) is 1. The summed E-state index contributed by atoms with van der Waals surface area (Å²) in [5.41, 5.74) is 1.74. The van der Waals surface area contributed by atoms with Gasteiger partial charge < -0.3 is 18.9 Å². The first kappa shape index (κ1) is 17.5. The van der Waals surface area contributed by atoms with Crippen LogP contribution in [0.2, 0.25) is 5.22 Å². The number of carbonyl (C=O) groups excluding carboxylic acids is 1. The number of methoxy groups -OCH3 is 1. The van der Waals surface area contributed by atoms with Crippen LogP contribution in [0.4, 0.5) is 0 Å². The molecule has 132 valence electrons. The predicted octanol–water partition coefficient (Wildman–Crippen LogP) is 3.10. The molecule has 7 heteroatoms. The molecule has 6 nitrogen and oxygen atoms in total. The molecule has 0 saturated carbocycles. The highest BCUT2D eigenvalue weighted by Crippen LogP contribution is 2.22. The van der Waals surface area contributed by atoms with Gasteiger partial charge in [-0.25, -0.2) is 0 Å². The molecule has 2 heterocycles. The Balaban J connectivity index is 1.63. The molecule has 1 aromatic heterocycles. The Morgan fingerprint density at radius 3 is 2.80 bits per heavy atom. The van der Waals surface area contributed by atoms with Crippen LogP contribution in [0.5, 0.6) is 0 Å². The lowest BCUT2D eigenvalue weighted by atomic mass is 10.1. The quantitative estimate of drug-likeness (QED) is 0.759. The van der Waals surface area contributed by atoms with Crippen molar-refractivity contribution in [2.24, 2.45) is 5.16 Å². The highest BCUT2D eigenvalue weighted by molar-refractivity contribution is 6.29. The van der Waals surface area contributed by atoms with Crippen molar-refractivity contribution in [1.29, 1.82) is 0 Å². The highest BCUT2D eigenvalue weighted by Gasteiger charge is 2.28. The third kappa shape index (κ3) is 4.61. The van der Waals surface area contributed by atoms with Gasteiger partial charge >= 0.3 is 0 Å². The zero-order valence-corrected chi connectivity index (χ0v) is 14.6. The summed E-state index contributed by atoms with van der Waals surface area (Å²) in [4.78, 5) is 19.6. The molecule has 0 fully saturated rings. The molecular weight excluding hydrogens is 344 g/mol. The van der Waals surface area contributed by atoms with E-state index in [1.54, 1.807) is 17.0 Å². The summed E-state index contributed by atoms with van der Waals surface area (Å²) < 4.78 is 10.3. The van der Waals surface area contributed by atoms with E-state index in [0.29, 0.717) is 36.2 Å². The van der Waals surface area contributed by atoms with Crippen molar-refractivity contribution < 1.29 is 18.8 Å². The zero-order valence-electron chi connectivity index (χ0n) is 13.9. The van der Waals surface area contributed by atoms with E-state index < -0.39 is 0 Å². The molecule has 0 radical (unpaired) electrons. The van der Waals surface area contributed by atoms with Gasteiger partial charge in [0.15, 0.2) is 17.1 Å². The average molecular weight is 363 g/mol. The summed E-state index contributed by atoms with van der Waals surface area (Å²) in [6.45, 7) is 0.935. The van der Waals surface area contributed by atoms with Crippen LogP contribution < -0.4 is 0 Å². The van der Waals surface area contributed by atoms with Crippen LogP contribution in [-0.2, 0) is 20.9 Å². The fraction of sp³-hybridized carbons (Fsp3) is 0.333. The Morgan fingerprint density at radius 2 is 2.12 bits per heavy atom. The molecule has 1 amide bonds. The van der Waals surface area contributed by atoms with Gasteiger partial charge in [-0.05, 0) is 29.3 Å². The van der Waals surface area contributed by atoms with Crippen molar-refractivity contribution in [1.82, 2.24) is 4.90 Å². The highest BCUT2D eigenvalue weighted by atomic mass is 35.5. The molecular formula is C18H19ClN2O4. The van der Waals surface area contributed by atoms with Gasteiger partial charge in [0, 0.05) is 20.1 Å². The number of hydrogen-bond acceptors (Lipinski definition) is 5. The molecule has 0 bridgehead atoms. The van der Waals surface area contributed by atoms with Crippen molar-refractivity contribution in [3.8, 4) is 0 Å². The van der Waals surface area contributed by atoms with E-state index in [2.05, 4.69) is 5.16 Å². The number of furan rings is 1. The van der Waals surface area contributed by atoms with E-state index >= 15 is 0 Å². The lowest BCUT2D eigenvalue weighted by Gasteiger charge is -2.24. The molecule has 0 aliphatic carbocycles. The van der Waals surface area contributed by atoms with Gasteiger partial charge in [0.05, 0.1) is 6.54 Å². The standard InChI is InChI=1S/C18H19ClN2O4/c1-23-12-18(22)21(10-13-5-3-2-4-6-13)11-14-9-15(20-25-14)16-7-8-17(19)24-16/h2-8,14H,9-12H2,1H3/t14-/m0/s1. The summed E-state index contributed by atoms with van der Waals surface area (Å²) in [6.07, 6.45) is 0.318. The Bertz CT molecular complexity index is 745. The number of oxime groups is 1. The van der Waals surface area contributed by atoms with Crippen LogP contribution in [0.15, 0.2) is 52.0 Å². The fourth-order valence-corrected chi connectivity index (χ4v) is 2.81. The molecule has 0 N–H and O–H groups in total. The maximum Gasteiger partial charge on any atom is 0.248 e. The summed E-state index contributed by atoms with van der Waals surface area (Å²) in [5, 5.41) is 4.37. The molecule has 1 aromatic carbocycles. The summed E-state index contributed by atoms with van der Waals surface area (Å²) >= 11 is 5.80. The first-order valence-corrected chi connectivity index (χ1v) is 8.32. The second-order valence-corrected chi connectivity index (χ2v) is 6.14. The van der Waals surface area contributed by atoms with Crippen LogP contribution in [0.3, 0.4) is 0 Å². The minimum atomic E-state index is -0.233. The molecule has 1 aliphatic rings. The number of hydrogen-bond donors (Lipinski definition) is 0. The first-order valence-electron chi connectivity index (χ1n) is 7.94. The van der Waals surface area contributed by atoms with Crippen molar-refractivity contribution in [3.05, 3.63) is 59.0 Å². The monoisotopic (exact) mass is 362 g/mol. The molecule has 0 spiro atoms. The first-order chi connectivity index (χ1) is 12.2. The van der Waals surface area contributed by atoms with Crippen LogP contribution in [0.25, 0.3) is 0 Å². The van der Waals surface area contributed by atoms with Gasteiger partial charge in [-0.3, -0.25) is 4.79 Å². The Kier molecular flexibility index (Phi) is 5.73. The van der Waals surface area contributed by atoms with Crippen molar-refractivity contribution >= 4 is 23.2 Å². The van der Waals surface area contributed by atoms with Gasteiger partial charge in [-0.1, -0.05) is 35.5 Å². The number of rotatable bonds is 7. The molecule has 0 unspecified atom stereocenters. The van der Waals surface area contributed by atoms with Crippen LogP contribution in [0, 0.1) is 0 Å². The van der Waals surface area contributed by atoms with Gasteiger partial charge in [0.1, 0.15) is 12.3 Å². The molecule has 2 aromatic rings. The molecule has 0 saturated heterocycles. The number of benzene rings is 1. The van der Waals surface area contributed by atoms with Gasteiger partial charge in [0.2, 0.25) is 5.91 Å². The summed E-state index contributed by atoms with van der Waals surface area (Å²) in [6, 6.07) is 13.2. The number of amides is 1. The molecule has 1 aliphatic heterocycles. The number of carbonyl (C=O) groups is 1. The number of nitrogens with zero attached hydrogens (tertiary/aromatic N) is 2. The molecule has 3 rings (SSSR count). The third-order valence-corrected chi connectivity index (χ3v) is 4.05. The van der Waals surface area contributed by atoms with E-state index in [9.17, 15) is 4.79 Å². The Labute approximate surface area is 150 Å². The maximum absolute atomic E-state index is 12.4. The van der Waals surface area contributed by atoms with Crippen LogP contribution in [0.1, 0.15) is 17.7 Å². The normalized spacial score (nSPS) is 16.4. The second-order valence-electron chi connectivity index (χ2n) is 5.77. The van der Waals surface area contributed by atoms with Gasteiger partial charge in [-0.15, -0.1) is 0 Å². The fourth-order valence-electron chi connectivity index (χ4n) is 2.66. The third-order valence-electron chi connectivity index (χ3n) is 3.85. The molecule has 25 heavy (non-hydrogen) atoms. The smallest absolute Gasteiger partial charge is 0.248 e. The SMILES string of the molecule is COCC(=O)N(Cc1ccccc1)C[C@@H]1CC(c2ccc(Cl)o2)=NO1. The maximum atomic E-state index is 12.4. The van der Waals surface area contributed by atoms with Crippen LogP contribution in [-0.4, -0.2) is 42.9 Å². The Morgan fingerprint density at radius 1 is 1.32 bits per heavy atom. The lowest BCUT2D eigenvalue weighted by Crippen LogP contribution is -2.39. The van der Waals surface area contributed by atoms with E-state index in [1.807, 2.05) is 30.3 Å². The average Bonchev–Trinajstić information content (AvgIpc) is 3.24. The largest absolute Gasteiger partial charge is 0.443 e. The van der Waals surface area contributed by atoms with Crippen molar-refractivity contribution in [3.63, 3.8) is 0 Å². The minimum Gasteiger partial charge on any atom is -0.443 e. The van der Waals surface area contributed by atoms with E-state index in [4.69, 9.17) is 25.6 Å². The minimum absolute atomic E-state index is 0.0288.